The fraction of sp³-hybridized carbons (Fsp3) is 0.355. The van der Waals surface area contributed by atoms with E-state index < -0.39 is 28.5 Å². The van der Waals surface area contributed by atoms with Gasteiger partial charge in [0.25, 0.3) is 10.0 Å². The second-order valence-electron chi connectivity index (χ2n) is 9.34. The quantitative estimate of drug-likeness (QED) is 0.238. The predicted molar refractivity (Wildman–Crippen MR) is 165 cm³/mol. The lowest BCUT2D eigenvalue weighted by Crippen LogP contribution is -2.52. The summed E-state index contributed by atoms with van der Waals surface area (Å²) in [4.78, 5) is 29.7. The van der Waals surface area contributed by atoms with Crippen molar-refractivity contribution in [1.82, 2.24) is 10.2 Å². The van der Waals surface area contributed by atoms with Crippen molar-refractivity contribution in [2.75, 3.05) is 30.3 Å². The highest BCUT2D eigenvalue weighted by molar-refractivity contribution is 7.98. The number of amides is 2. The van der Waals surface area contributed by atoms with Gasteiger partial charge in [0, 0.05) is 18.0 Å². The molecule has 8 nitrogen and oxygen atoms in total. The summed E-state index contributed by atoms with van der Waals surface area (Å²) in [6.07, 6.45) is 3.05. The van der Waals surface area contributed by atoms with Gasteiger partial charge in [0.1, 0.15) is 18.3 Å². The molecule has 0 aliphatic carbocycles. The minimum atomic E-state index is -4.14. The molecule has 0 saturated carbocycles. The molecule has 3 aromatic rings. The van der Waals surface area contributed by atoms with Crippen molar-refractivity contribution in [3.05, 3.63) is 84.4 Å². The van der Waals surface area contributed by atoms with Gasteiger partial charge in [-0.1, -0.05) is 44.2 Å². The number of rotatable bonds is 15. The molecule has 3 rings (SSSR count). The number of nitrogens with one attached hydrogen (secondary N) is 1. The Morgan fingerprint density at radius 2 is 1.59 bits per heavy atom. The van der Waals surface area contributed by atoms with Crippen LogP contribution in [0.5, 0.6) is 5.75 Å². The van der Waals surface area contributed by atoms with Gasteiger partial charge in [0.2, 0.25) is 11.8 Å². The molecule has 0 aromatic heterocycles. The molecule has 0 spiro atoms. The van der Waals surface area contributed by atoms with Crippen molar-refractivity contribution >= 4 is 39.3 Å². The highest BCUT2D eigenvalue weighted by Gasteiger charge is 2.33. The largest absolute Gasteiger partial charge is 0.494 e. The Morgan fingerprint density at radius 3 is 2.15 bits per heavy atom. The van der Waals surface area contributed by atoms with Crippen LogP contribution in [0.25, 0.3) is 0 Å². The van der Waals surface area contributed by atoms with E-state index in [0.717, 1.165) is 21.2 Å². The summed E-state index contributed by atoms with van der Waals surface area (Å²) in [5.41, 5.74) is 1.16. The fourth-order valence-electron chi connectivity index (χ4n) is 4.34. The molecule has 0 aliphatic rings. The molecule has 1 unspecified atom stereocenters. The first-order valence-corrected chi connectivity index (χ1v) is 16.4. The van der Waals surface area contributed by atoms with Crippen LogP contribution in [0.2, 0.25) is 0 Å². The van der Waals surface area contributed by atoms with Crippen LogP contribution in [-0.4, -0.2) is 57.1 Å². The van der Waals surface area contributed by atoms with Crippen molar-refractivity contribution in [2.45, 2.75) is 56.0 Å². The van der Waals surface area contributed by atoms with E-state index in [1.807, 2.05) is 57.4 Å². The van der Waals surface area contributed by atoms with E-state index in [9.17, 15) is 18.0 Å². The summed E-state index contributed by atoms with van der Waals surface area (Å²) >= 11 is 1.51. The van der Waals surface area contributed by atoms with Gasteiger partial charge in [-0.3, -0.25) is 13.9 Å². The van der Waals surface area contributed by atoms with E-state index in [1.54, 1.807) is 48.5 Å². The predicted octanol–water partition coefficient (Wildman–Crippen LogP) is 5.34. The Kier molecular flexibility index (Phi) is 12.1. The lowest BCUT2D eigenvalue weighted by atomic mass is 10.1. The highest BCUT2D eigenvalue weighted by Crippen LogP contribution is 2.28. The lowest BCUT2D eigenvalue weighted by Gasteiger charge is -2.33. The molecular formula is C31H39N3O5S2. The Hall–Kier alpha value is -3.50. The number of thioether (sulfide) groups is 1. The van der Waals surface area contributed by atoms with Crippen LogP contribution in [0.15, 0.2) is 88.7 Å². The van der Waals surface area contributed by atoms with Crippen LogP contribution < -0.4 is 14.4 Å². The average molecular weight is 598 g/mol. The first-order chi connectivity index (χ1) is 19.7. The van der Waals surface area contributed by atoms with Gasteiger partial charge in [-0.2, -0.15) is 0 Å². The monoisotopic (exact) mass is 597 g/mol. The summed E-state index contributed by atoms with van der Waals surface area (Å²) in [6.45, 7) is 6.30. The summed E-state index contributed by atoms with van der Waals surface area (Å²) in [7, 11) is -4.14. The lowest BCUT2D eigenvalue weighted by molar-refractivity contribution is -0.140. The number of benzene rings is 3. The number of hydrogen-bond donors (Lipinski definition) is 1. The molecule has 0 fully saturated rings. The second kappa shape index (κ2) is 15.5. The summed E-state index contributed by atoms with van der Waals surface area (Å²) in [5, 5.41) is 2.89. The maximum Gasteiger partial charge on any atom is 0.264 e. The maximum absolute atomic E-state index is 14.1. The van der Waals surface area contributed by atoms with E-state index >= 15 is 0 Å². The van der Waals surface area contributed by atoms with Gasteiger partial charge in [-0.05, 0) is 80.1 Å². The van der Waals surface area contributed by atoms with Crippen LogP contribution >= 0.6 is 11.8 Å². The smallest absolute Gasteiger partial charge is 0.264 e. The minimum Gasteiger partial charge on any atom is -0.494 e. The zero-order valence-corrected chi connectivity index (χ0v) is 25.7. The summed E-state index contributed by atoms with van der Waals surface area (Å²) in [5.74, 6) is -0.152. The topological polar surface area (TPSA) is 96.0 Å². The normalized spacial score (nSPS) is 11.9. The molecule has 1 atom stereocenters. The van der Waals surface area contributed by atoms with Crippen molar-refractivity contribution in [3.63, 3.8) is 0 Å². The fourth-order valence-corrected chi connectivity index (χ4v) is 6.17. The van der Waals surface area contributed by atoms with Gasteiger partial charge in [-0.25, -0.2) is 8.42 Å². The number of nitrogens with zero attached hydrogens (tertiary/aromatic N) is 2. The molecule has 220 valence electrons. The van der Waals surface area contributed by atoms with Crippen LogP contribution in [-0.2, 0) is 26.2 Å². The first-order valence-electron chi connectivity index (χ1n) is 13.8. The molecule has 0 aliphatic heterocycles. The standard InChI is InChI=1S/C31H39N3O5S2/c1-5-21-32-31(36)29(6-2)33(22-24-11-9-8-10-12-24)30(35)23-34(25-13-15-26(16-14-25)39-7-3)41(37,38)28-19-17-27(40-4)18-20-28/h8-20,29H,5-7,21-23H2,1-4H3,(H,32,36). The molecular weight excluding hydrogens is 558 g/mol. The number of carbonyl (C=O) groups excluding carboxylic acids is 2. The van der Waals surface area contributed by atoms with E-state index in [1.165, 1.54) is 16.7 Å². The van der Waals surface area contributed by atoms with Gasteiger partial charge in [0.15, 0.2) is 0 Å². The van der Waals surface area contributed by atoms with Gasteiger partial charge in [0.05, 0.1) is 17.2 Å². The van der Waals surface area contributed by atoms with Crippen molar-refractivity contribution in [1.29, 1.82) is 0 Å². The first kappa shape index (κ1) is 32.0. The SMILES string of the molecule is CCCNC(=O)C(CC)N(Cc1ccccc1)C(=O)CN(c1ccc(OCC)cc1)S(=O)(=O)c1ccc(SC)cc1. The Bertz CT molecular complexity index is 1370. The molecule has 0 radical (unpaired) electrons. The molecule has 41 heavy (non-hydrogen) atoms. The molecule has 1 N–H and O–H groups in total. The van der Waals surface area contributed by atoms with Gasteiger partial charge < -0.3 is 15.0 Å². The molecule has 2 amide bonds. The molecule has 0 heterocycles. The van der Waals surface area contributed by atoms with Crippen molar-refractivity contribution in [2.24, 2.45) is 0 Å². The van der Waals surface area contributed by atoms with Crippen LogP contribution in [0.1, 0.15) is 39.2 Å². The number of anilines is 1. The van der Waals surface area contributed by atoms with Gasteiger partial charge >= 0.3 is 0 Å². The zero-order chi connectivity index (χ0) is 29.8. The summed E-state index contributed by atoms with van der Waals surface area (Å²) < 4.78 is 34.7. The van der Waals surface area contributed by atoms with E-state index in [-0.39, 0.29) is 17.3 Å². The van der Waals surface area contributed by atoms with Crippen molar-refractivity contribution < 1.29 is 22.7 Å². The minimum absolute atomic E-state index is 0.0688. The zero-order valence-electron chi connectivity index (χ0n) is 24.1. The van der Waals surface area contributed by atoms with E-state index in [4.69, 9.17) is 4.74 Å². The highest BCUT2D eigenvalue weighted by atomic mass is 32.2. The number of sulfonamides is 1. The van der Waals surface area contributed by atoms with Crippen LogP contribution in [0.3, 0.4) is 0 Å². The van der Waals surface area contributed by atoms with Crippen LogP contribution in [0, 0.1) is 0 Å². The molecule has 10 heteroatoms. The molecule has 0 saturated heterocycles. The maximum atomic E-state index is 14.1. The molecule has 3 aromatic carbocycles. The Labute approximate surface area is 248 Å². The summed E-state index contributed by atoms with van der Waals surface area (Å²) in [6, 6.07) is 21.8. The van der Waals surface area contributed by atoms with Crippen molar-refractivity contribution in [3.8, 4) is 5.75 Å². The van der Waals surface area contributed by atoms with Gasteiger partial charge in [-0.15, -0.1) is 11.8 Å². The molecule has 0 bridgehead atoms. The van der Waals surface area contributed by atoms with Crippen LogP contribution in [0.4, 0.5) is 5.69 Å². The van der Waals surface area contributed by atoms with E-state index in [2.05, 4.69) is 5.32 Å². The third-order valence-electron chi connectivity index (χ3n) is 6.49. The Balaban J connectivity index is 2.04. The third kappa shape index (κ3) is 8.50. The average Bonchev–Trinajstić information content (AvgIpc) is 2.99. The number of hydrogen-bond acceptors (Lipinski definition) is 6. The Morgan fingerprint density at radius 1 is 0.927 bits per heavy atom. The second-order valence-corrected chi connectivity index (χ2v) is 12.1. The van der Waals surface area contributed by atoms with E-state index in [0.29, 0.717) is 31.0 Å². The number of carbonyl (C=O) groups is 2. The third-order valence-corrected chi connectivity index (χ3v) is 9.02. The number of ether oxygens (including phenoxy) is 1.